The molecule has 0 aliphatic rings. The van der Waals surface area contributed by atoms with Crippen LogP contribution in [0.2, 0.25) is 0 Å². The number of aryl methyl sites for hydroxylation is 1. The Labute approximate surface area is 187 Å². The molecular weight excluding hydrogens is 443 g/mol. The molecule has 0 aromatic heterocycles. The fourth-order valence-electron chi connectivity index (χ4n) is 3.05. The van der Waals surface area contributed by atoms with E-state index in [0.29, 0.717) is 6.42 Å². The lowest BCUT2D eigenvalue weighted by atomic mass is 10.0. The van der Waals surface area contributed by atoms with Crippen LogP contribution in [-0.4, -0.2) is 46.8 Å². The van der Waals surface area contributed by atoms with Crippen molar-refractivity contribution >= 4 is 23.6 Å². The molecule has 33 heavy (non-hydrogen) atoms. The van der Waals surface area contributed by atoms with Gasteiger partial charge in [-0.05, 0) is 43.0 Å². The average molecular weight is 467 g/mol. The molecule has 0 spiro atoms. The molecule has 0 saturated carbocycles. The van der Waals surface area contributed by atoms with Gasteiger partial charge in [0.25, 0.3) is 0 Å². The van der Waals surface area contributed by atoms with E-state index in [2.05, 4.69) is 10.6 Å². The van der Waals surface area contributed by atoms with Crippen molar-refractivity contribution in [2.24, 2.45) is 0 Å². The molecule has 0 fully saturated rings. The quantitative estimate of drug-likeness (QED) is 0.367. The van der Waals surface area contributed by atoms with Gasteiger partial charge >= 0.3 is 12.3 Å². The van der Waals surface area contributed by atoms with Gasteiger partial charge in [-0.1, -0.05) is 36.4 Å². The summed E-state index contributed by atoms with van der Waals surface area (Å²) in [5.41, 5.74) is -0.192. The van der Waals surface area contributed by atoms with Crippen LogP contribution >= 0.6 is 0 Å². The molecular formula is C22H24F3N3O5. The minimum absolute atomic E-state index is 0.0967. The first-order valence-corrected chi connectivity index (χ1v) is 10.0. The average Bonchev–Trinajstić information content (AvgIpc) is 2.76. The largest absolute Gasteiger partial charge is 0.465 e. The lowest BCUT2D eigenvalue weighted by Gasteiger charge is -2.22. The van der Waals surface area contributed by atoms with Crippen LogP contribution in [0.15, 0.2) is 54.6 Å². The highest BCUT2D eigenvalue weighted by Crippen LogP contribution is 2.30. The third-order valence-corrected chi connectivity index (χ3v) is 4.69. The van der Waals surface area contributed by atoms with Gasteiger partial charge in [-0.25, -0.2) is 4.79 Å². The van der Waals surface area contributed by atoms with Gasteiger partial charge in [0.15, 0.2) is 0 Å². The minimum atomic E-state index is -4.60. The third-order valence-electron chi connectivity index (χ3n) is 4.69. The Morgan fingerprint density at radius 1 is 0.879 bits per heavy atom. The maximum atomic E-state index is 13.0. The van der Waals surface area contributed by atoms with Crippen molar-refractivity contribution < 1.29 is 37.8 Å². The number of hydrogen-bond acceptors (Lipinski definition) is 4. The van der Waals surface area contributed by atoms with E-state index < -0.39 is 48.3 Å². The number of aliphatic hydroxyl groups is 1. The summed E-state index contributed by atoms with van der Waals surface area (Å²) in [5.74, 6) is -1.61. The second-order valence-corrected chi connectivity index (χ2v) is 7.17. The van der Waals surface area contributed by atoms with E-state index in [1.807, 2.05) is 17.4 Å². The van der Waals surface area contributed by atoms with Crippen molar-refractivity contribution in [3.8, 4) is 0 Å². The second kappa shape index (κ2) is 11.9. The van der Waals surface area contributed by atoms with E-state index in [0.717, 1.165) is 23.8 Å². The molecule has 2 rings (SSSR count). The standard InChI is InChI=1S/C22H24F3N3O5/c23-22(24,25)15-7-4-8-16(13-15)26-19(30)17(10-9-14-5-2-1-3-6-14)27-20(31)18(11-12-29)28-21(32)33/h1-8,13,17-18,28-29H,9-12H2,(H,26,30)(H,27,31)(H,32,33)/t17-,18-/m0/s1. The highest BCUT2D eigenvalue weighted by Gasteiger charge is 2.31. The number of carbonyl (C=O) groups is 3. The molecule has 0 heterocycles. The molecule has 0 aliphatic carbocycles. The van der Waals surface area contributed by atoms with E-state index in [9.17, 15) is 27.6 Å². The van der Waals surface area contributed by atoms with Crippen LogP contribution in [-0.2, 0) is 22.2 Å². The maximum Gasteiger partial charge on any atom is 0.416 e. The van der Waals surface area contributed by atoms with Crippen LogP contribution in [0, 0.1) is 0 Å². The van der Waals surface area contributed by atoms with Gasteiger partial charge in [-0.3, -0.25) is 9.59 Å². The fraction of sp³-hybridized carbons (Fsp3) is 0.318. The van der Waals surface area contributed by atoms with Crippen molar-refractivity contribution in [2.45, 2.75) is 37.5 Å². The topological polar surface area (TPSA) is 128 Å². The van der Waals surface area contributed by atoms with Crippen LogP contribution < -0.4 is 16.0 Å². The van der Waals surface area contributed by atoms with E-state index in [1.165, 1.54) is 6.07 Å². The van der Waals surface area contributed by atoms with Crippen LogP contribution in [0.1, 0.15) is 24.0 Å². The van der Waals surface area contributed by atoms with Gasteiger partial charge in [-0.2, -0.15) is 13.2 Å². The molecule has 0 unspecified atom stereocenters. The first kappa shape index (κ1) is 25.7. The Bertz CT molecular complexity index is 954. The molecule has 8 nitrogen and oxygen atoms in total. The Hall–Kier alpha value is -3.60. The van der Waals surface area contributed by atoms with Crippen molar-refractivity contribution in [2.75, 3.05) is 11.9 Å². The van der Waals surface area contributed by atoms with Crippen molar-refractivity contribution in [3.63, 3.8) is 0 Å². The Morgan fingerprint density at radius 3 is 2.15 bits per heavy atom. The number of carboxylic acid groups (broad SMARTS) is 1. The minimum Gasteiger partial charge on any atom is -0.465 e. The molecule has 0 aliphatic heterocycles. The zero-order valence-corrected chi connectivity index (χ0v) is 17.4. The molecule has 2 aromatic carbocycles. The number of carbonyl (C=O) groups excluding carboxylic acids is 2. The Balaban J connectivity index is 2.19. The number of hydrogen-bond donors (Lipinski definition) is 5. The second-order valence-electron chi connectivity index (χ2n) is 7.17. The highest BCUT2D eigenvalue weighted by atomic mass is 19.4. The zero-order valence-electron chi connectivity index (χ0n) is 17.4. The van der Waals surface area contributed by atoms with Crippen molar-refractivity contribution in [1.82, 2.24) is 10.6 Å². The van der Waals surface area contributed by atoms with Gasteiger partial charge in [0, 0.05) is 12.3 Å². The normalized spacial score (nSPS) is 13.0. The van der Waals surface area contributed by atoms with Gasteiger partial charge in [0.05, 0.1) is 5.56 Å². The molecule has 11 heteroatoms. The summed E-state index contributed by atoms with van der Waals surface area (Å²) in [6.07, 6.45) is -5.85. The molecule has 3 amide bonds. The number of amides is 3. The van der Waals surface area contributed by atoms with Crippen LogP contribution in [0.4, 0.5) is 23.7 Å². The lowest BCUT2D eigenvalue weighted by Crippen LogP contribution is -2.52. The first-order chi connectivity index (χ1) is 15.6. The number of halogens is 3. The summed E-state index contributed by atoms with van der Waals surface area (Å²) < 4.78 is 38.9. The summed E-state index contributed by atoms with van der Waals surface area (Å²) in [5, 5.41) is 24.8. The zero-order chi connectivity index (χ0) is 24.4. The smallest absolute Gasteiger partial charge is 0.416 e. The van der Waals surface area contributed by atoms with Gasteiger partial charge in [-0.15, -0.1) is 0 Å². The molecule has 2 aromatic rings. The molecule has 0 saturated heterocycles. The van der Waals surface area contributed by atoms with Gasteiger partial charge in [0.2, 0.25) is 11.8 Å². The van der Waals surface area contributed by atoms with E-state index in [-0.39, 0.29) is 18.5 Å². The van der Waals surface area contributed by atoms with Gasteiger partial charge < -0.3 is 26.2 Å². The fourth-order valence-corrected chi connectivity index (χ4v) is 3.05. The summed E-state index contributed by atoms with van der Waals surface area (Å²) in [6.45, 7) is -0.483. The number of benzene rings is 2. The van der Waals surface area contributed by atoms with E-state index in [1.54, 1.807) is 18.2 Å². The summed E-state index contributed by atoms with van der Waals surface area (Å²) in [6, 6.07) is 10.6. The Morgan fingerprint density at radius 2 is 1.55 bits per heavy atom. The molecule has 178 valence electrons. The molecule has 0 bridgehead atoms. The number of nitrogens with one attached hydrogen (secondary N) is 3. The summed E-state index contributed by atoms with van der Waals surface area (Å²) in [4.78, 5) is 36.3. The van der Waals surface area contributed by atoms with E-state index in [4.69, 9.17) is 10.2 Å². The molecule has 2 atom stereocenters. The monoisotopic (exact) mass is 467 g/mol. The highest BCUT2D eigenvalue weighted by molar-refractivity contribution is 5.98. The number of anilines is 1. The predicted molar refractivity (Wildman–Crippen MR) is 113 cm³/mol. The van der Waals surface area contributed by atoms with Crippen LogP contribution in [0.25, 0.3) is 0 Å². The van der Waals surface area contributed by atoms with Crippen molar-refractivity contribution in [1.29, 1.82) is 0 Å². The van der Waals surface area contributed by atoms with Crippen LogP contribution in [0.3, 0.4) is 0 Å². The number of alkyl halides is 3. The predicted octanol–water partition coefficient (Wildman–Crippen LogP) is 2.78. The maximum absolute atomic E-state index is 13.0. The van der Waals surface area contributed by atoms with Crippen LogP contribution in [0.5, 0.6) is 0 Å². The van der Waals surface area contributed by atoms with Gasteiger partial charge in [0.1, 0.15) is 12.1 Å². The molecule has 5 N–H and O–H groups in total. The number of aliphatic hydroxyl groups excluding tert-OH is 1. The number of rotatable bonds is 10. The lowest BCUT2D eigenvalue weighted by molar-refractivity contribution is -0.137. The Kier molecular flexibility index (Phi) is 9.22. The SMILES string of the molecule is O=C(O)N[C@@H](CCO)C(=O)N[C@@H](CCc1ccccc1)C(=O)Nc1cccc(C(F)(F)F)c1. The first-order valence-electron chi connectivity index (χ1n) is 10.0. The van der Waals surface area contributed by atoms with Crippen molar-refractivity contribution in [3.05, 3.63) is 65.7 Å². The third kappa shape index (κ3) is 8.45. The molecule has 0 radical (unpaired) electrons. The van der Waals surface area contributed by atoms with E-state index >= 15 is 0 Å². The summed E-state index contributed by atoms with van der Waals surface area (Å²) >= 11 is 0. The summed E-state index contributed by atoms with van der Waals surface area (Å²) in [7, 11) is 0.